The monoisotopic (exact) mass is 568 g/mol. The van der Waals surface area contributed by atoms with Gasteiger partial charge in [0, 0.05) is 34.8 Å². The fourth-order valence-electron chi connectivity index (χ4n) is 4.56. The van der Waals surface area contributed by atoms with Gasteiger partial charge in [0.1, 0.15) is 11.5 Å². The minimum absolute atomic E-state index is 0.0116. The summed E-state index contributed by atoms with van der Waals surface area (Å²) in [6.45, 7) is 3.20. The average molecular weight is 569 g/mol. The maximum absolute atomic E-state index is 12.9. The Hall–Kier alpha value is -2.99. The second kappa shape index (κ2) is 11.4. The zero-order valence-electron chi connectivity index (χ0n) is 21.1. The molecule has 0 radical (unpaired) electrons. The second-order valence-corrected chi connectivity index (χ2v) is 12.8. The van der Waals surface area contributed by atoms with Gasteiger partial charge in [0.15, 0.2) is 0 Å². The molecule has 0 spiro atoms. The quantitative estimate of drug-likeness (QED) is 0.292. The first kappa shape index (κ1) is 26.6. The van der Waals surface area contributed by atoms with Crippen molar-refractivity contribution in [1.29, 1.82) is 0 Å². The Morgan fingerprint density at radius 1 is 1.13 bits per heavy atom. The van der Waals surface area contributed by atoms with Gasteiger partial charge in [-0.05, 0) is 38.9 Å². The zero-order valence-corrected chi connectivity index (χ0v) is 23.5. The van der Waals surface area contributed by atoms with Crippen LogP contribution in [-0.4, -0.2) is 55.3 Å². The number of thiazole rings is 1. The molecule has 1 N–H and O–H groups in total. The first-order valence-electron chi connectivity index (χ1n) is 12.3. The van der Waals surface area contributed by atoms with Gasteiger partial charge in [-0.25, -0.2) is 18.1 Å². The fourth-order valence-corrected chi connectivity index (χ4v) is 7.71. The summed E-state index contributed by atoms with van der Waals surface area (Å²) in [6, 6.07) is 16.7. The molecule has 0 bridgehead atoms. The summed E-state index contributed by atoms with van der Waals surface area (Å²) in [4.78, 5) is 20.5. The minimum atomic E-state index is -3.59. The van der Waals surface area contributed by atoms with Crippen molar-refractivity contribution in [3.8, 4) is 22.5 Å². The van der Waals surface area contributed by atoms with Gasteiger partial charge in [-0.15, -0.1) is 23.1 Å². The van der Waals surface area contributed by atoms with E-state index in [9.17, 15) is 13.2 Å². The lowest BCUT2D eigenvalue weighted by Crippen LogP contribution is -2.38. The van der Waals surface area contributed by atoms with Gasteiger partial charge in [0.2, 0.25) is 15.9 Å². The lowest BCUT2D eigenvalue weighted by atomic mass is 9.97. The van der Waals surface area contributed by atoms with Gasteiger partial charge in [-0.1, -0.05) is 47.6 Å². The average Bonchev–Trinajstić information content (AvgIpc) is 3.59. The van der Waals surface area contributed by atoms with E-state index in [1.165, 1.54) is 18.8 Å². The number of benzene rings is 2. The van der Waals surface area contributed by atoms with Crippen LogP contribution in [0.2, 0.25) is 0 Å². The molecule has 1 saturated heterocycles. The van der Waals surface area contributed by atoms with E-state index in [0.717, 1.165) is 46.1 Å². The maximum Gasteiger partial charge on any atom is 0.241 e. The molecule has 0 unspecified atom stereocenters. The number of nitrogens with zero attached hydrogens (tertiary/aromatic N) is 3. The summed E-state index contributed by atoms with van der Waals surface area (Å²) in [5.74, 6) is 1.23. The molecular weight excluding hydrogens is 541 g/mol. The molecule has 0 saturated carbocycles. The molecule has 3 heterocycles. The highest BCUT2D eigenvalue weighted by Gasteiger charge is 2.27. The van der Waals surface area contributed by atoms with Crippen molar-refractivity contribution in [3.05, 3.63) is 70.7 Å². The number of rotatable bonds is 8. The molecule has 2 aromatic heterocycles. The van der Waals surface area contributed by atoms with Gasteiger partial charge >= 0.3 is 0 Å². The number of carbonyl (C=O) groups is 1. The highest BCUT2D eigenvalue weighted by atomic mass is 32.2. The topological polar surface area (TPSA) is 105 Å². The summed E-state index contributed by atoms with van der Waals surface area (Å²) in [5, 5.41) is 7.41. The molecule has 1 aliphatic rings. The Labute approximate surface area is 230 Å². The van der Waals surface area contributed by atoms with Crippen LogP contribution in [0.5, 0.6) is 0 Å². The molecule has 0 atom stereocenters. The summed E-state index contributed by atoms with van der Waals surface area (Å²) in [6.07, 6.45) is 1.67. The number of amides is 1. The predicted octanol–water partition coefficient (Wildman–Crippen LogP) is 5.18. The van der Waals surface area contributed by atoms with Crippen LogP contribution in [0.1, 0.15) is 29.5 Å². The third kappa shape index (κ3) is 5.56. The van der Waals surface area contributed by atoms with E-state index in [0.29, 0.717) is 18.0 Å². The molecule has 1 amide bonds. The van der Waals surface area contributed by atoms with Crippen molar-refractivity contribution in [3.63, 3.8) is 0 Å². The third-order valence-electron chi connectivity index (χ3n) is 6.64. The number of piperidine rings is 1. The van der Waals surface area contributed by atoms with Crippen LogP contribution in [0.25, 0.3) is 22.5 Å². The summed E-state index contributed by atoms with van der Waals surface area (Å²) < 4.78 is 32.4. The molecule has 198 valence electrons. The summed E-state index contributed by atoms with van der Waals surface area (Å²) in [7, 11) is -2.20. The van der Waals surface area contributed by atoms with Gasteiger partial charge < -0.3 is 9.42 Å². The van der Waals surface area contributed by atoms with E-state index in [1.54, 1.807) is 35.6 Å². The van der Waals surface area contributed by atoms with Crippen molar-refractivity contribution < 1.29 is 17.7 Å². The van der Waals surface area contributed by atoms with Crippen molar-refractivity contribution in [1.82, 2.24) is 19.8 Å². The standard InChI is InChI=1S/C27H28N4O4S3/c1-18-25(26(30-35-18)19-8-4-3-5-9-19)21-16-37-27(29-21)20-12-14-31(15-13-20)24(32)17-36-22-10-6-7-11-23(22)38(33,34)28-2/h3-11,16,20,28H,12-15,17H2,1-2H3. The van der Waals surface area contributed by atoms with Gasteiger partial charge in [-0.3, -0.25) is 4.79 Å². The number of likely N-dealkylation sites (tertiary alicyclic amines) is 1. The third-order valence-corrected chi connectivity index (χ3v) is 10.3. The van der Waals surface area contributed by atoms with Crippen LogP contribution in [0.15, 0.2) is 74.3 Å². The van der Waals surface area contributed by atoms with Gasteiger partial charge in [0.25, 0.3) is 0 Å². The number of aryl methyl sites for hydroxylation is 1. The van der Waals surface area contributed by atoms with E-state index >= 15 is 0 Å². The van der Waals surface area contributed by atoms with E-state index in [4.69, 9.17) is 9.51 Å². The fraction of sp³-hybridized carbons (Fsp3) is 0.296. The van der Waals surface area contributed by atoms with Gasteiger partial charge in [-0.2, -0.15) is 0 Å². The first-order valence-corrected chi connectivity index (χ1v) is 15.6. The molecule has 4 aromatic rings. The van der Waals surface area contributed by atoms with Crippen LogP contribution < -0.4 is 4.72 Å². The Bertz CT molecular complexity index is 1520. The van der Waals surface area contributed by atoms with Crippen LogP contribution in [0.3, 0.4) is 0 Å². The zero-order chi connectivity index (χ0) is 26.7. The van der Waals surface area contributed by atoms with Gasteiger partial charge in [0.05, 0.1) is 26.9 Å². The molecule has 5 rings (SSSR count). The molecule has 1 aliphatic heterocycles. The molecular formula is C27H28N4O4S3. The number of aromatic nitrogens is 2. The number of sulfonamides is 1. The summed E-state index contributed by atoms with van der Waals surface area (Å²) >= 11 is 2.89. The van der Waals surface area contributed by atoms with E-state index in [2.05, 4.69) is 15.3 Å². The SMILES string of the molecule is CNS(=O)(=O)c1ccccc1SCC(=O)N1CCC(c2nc(-c3c(-c4ccccc4)noc3C)cs2)CC1. The number of carbonyl (C=O) groups excluding carboxylic acids is 1. The van der Waals surface area contributed by atoms with Crippen molar-refractivity contribution in [2.75, 3.05) is 25.9 Å². The smallest absolute Gasteiger partial charge is 0.241 e. The second-order valence-electron chi connectivity index (χ2n) is 9.00. The molecule has 38 heavy (non-hydrogen) atoms. The number of thioether (sulfide) groups is 1. The molecule has 2 aromatic carbocycles. The highest BCUT2D eigenvalue weighted by Crippen LogP contribution is 2.38. The van der Waals surface area contributed by atoms with Crippen LogP contribution in [0, 0.1) is 6.92 Å². The first-order chi connectivity index (χ1) is 18.4. The Morgan fingerprint density at radius 3 is 2.58 bits per heavy atom. The highest BCUT2D eigenvalue weighted by molar-refractivity contribution is 8.00. The summed E-state index contributed by atoms with van der Waals surface area (Å²) in [5.41, 5.74) is 3.57. The molecule has 0 aliphatic carbocycles. The number of hydrogen-bond acceptors (Lipinski definition) is 8. The molecule has 1 fully saturated rings. The van der Waals surface area contributed by atoms with E-state index in [1.807, 2.05) is 42.2 Å². The Kier molecular flexibility index (Phi) is 7.98. The van der Waals surface area contributed by atoms with Crippen LogP contribution >= 0.6 is 23.1 Å². The molecule has 11 heteroatoms. The van der Waals surface area contributed by atoms with Crippen LogP contribution in [0.4, 0.5) is 0 Å². The van der Waals surface area contributed by atoms with Crippen molar-refractivity contribution in [2.24, 2.45) is 0 Å². The van der Waals surface area contributed by atoms with E-state index in [-0.39, 0.29) is 22.5 Å². The maximum atomic E-state index is 12.9. The predicted molar refractivity (Wildman–Crippen MR) is 150 cm³/mol. The van der Waals surface area contributed by atoms with Crippen molar-refractivity contribution in [2.45, 2.75) is 35.5 Å². The normalized spacial score (nSPS) is 14.6. The number of nitrogens with one attached hydrogen (secondary N) is 1. The van der Waals surface area contributed by atoms with Crippen LogP contribution in [-0.2, 0) is 14.8 Å². The lowest BCUT2D eigenvalue weighted by Gasteiger charge is -2.31. The lowest BCUT2D eigenvalue weighted by molar-refractivity contribution is -0.129. The Balaban J connectivity index is 1.21. The number of hydrogen-bond donors (Lipinski definition) is 1. The Morgan fingerprint density at radius 2 is 1.84 bits per heavy atom. The molecule has 8 nitrogen and oxygen atoms in total. The largest absolute Gasteiger partial charge is 0.360 e. The minimum Gasteiger partial charge on any atom is -0.360 e. The van der Waals surface area contributed by atoms with E-state index < -0.39 is 10.0 Å². The van der Waals surface area contributed by atoms with Crippen molar-refractivity contribution >= 4 is 39.0 Å².